The minimum atomic E-state index is -0.332. The summed E-state index contributed by atoms with van der Waals surface area (Å²) in [5.41, 5.74) is 6.11. The van der Waals surface area contributed by atoms with Crippen LogP contribution in [0, 0.1) is 5.41 Å². The van der Waals surface area contributed by atoms with Gasteiger partial charge in [-0.15, -0.1) is 0 Å². The lowest BCUT2D eigenvalue weighted by molar-refractivity contribution is -0.123. The summed E-state index contributed by atoms with van der Waals surface area (Å²) in [6.07, 6.45) is 6.55. The van der Waals surface area contributed by atoms with Gasteiger partial charge in [0, 0.05) is 6.54 Å². The van der Waals surface area contributed by atoms with Crippen LogP contribution in [-0.4, -0.2) is 30.5 Å². The summed E-state index contributed by atoms with van der Waals surface area (Å²) in [7, 11) is 0. The molecule has 1 fully saturated rings. The second-order valence-corrected chi connectivity index (χ2v) is 5.76. The van der Waals surface area contributed by atoms with Crippen molar-refractivity contribution in [3.05, 3.63) is 0 Å². The van der Waals surface area contributed by atoms with Crippen molar-refractivity contribution in [2.45, 2.75) is 38.6 Å². The quantitative estimate of drug-likeness (QED) is 0.724. The van der Waals surface area contributed by atoms with Crippen molar-refractivity contribution in [1.29, 1.82) is 0 Å². The van der Waals surface area contributed by atoms with Gasteiger partial charge in [0.2, 0.25) is 5.91 Å². The Labute approximate surface area is 96.6 Å². The fourth-order valence-electron chi connectivity index (χ4n) is 1.76. The molecule has 0 aromatic carbocycles. The molecule has 3 N–H and O–H groups in total. The maximum atomic E-state index is 11.6. The summed E-state index contributed by atoms with van der Waals surface area (Å²) in [5.74, 6) is 0.962. The summed E-state index contributed by atoms with van der Waals surface area (Å²) < 4.78 is 0. The van der Waals surface area contributed by atoms with Gasteiger partial charge >= 0.3 is 0 Å². The fraction of sp³-hybridized carbons (Fsp3) is 0.909. The van der Waals surface area contributed by atoms with Gasteiger partial charge in [0.1, 0.15) is 0 Å². The first-order valence-electron chi connectivity index (χ1n) is 5.60. The van der Waals surface area contributed by atoms with Gasteiger partial charge in [-0.3, -0.25) is 4.79 Å². The summed E-state index contributed by atoms with van der Waals surface area (Å²) >= 11 is 1.73. The standard InChI is InChI=1S/C11H22N2OS/c1-11(5-3-6-11)8-13-10(14)9(12)4-7-15-2/h9H,3-8,12H2,1-2H3,(H,13,14)/t9-/m1/s1. The molecule has 1 aliphatic carbocycles. The Balaban J connectivity index is 2.17. The van der Waals surface area contributed by atoms with Crippen molar-refractivity contribution in [2.75, 3.05) is 18.6 Å². The highest BCUT2D eigenvalue weighted by Crippen LogP contribution is 2.39. The van der Waals surface area contributed by atoms with Crippen molar-refractivity contribution >= 4 is 17.7 Å². The zero-order valence-electron chi connectivity index (χ0n) is 9.71. The number of nitrogens with two attached hydrogens (primary N) is 1. The first kappa shape index (κ1) is 12.8. The van der Waals surface area contributed by atoms with Gasteiger partial charge in [-0.1, -0.05) is 13.3 Å². The molecule has 0 unspecified atom stereocenters. The van der Waals surface area contributed by atoms with Crippen LogP contribution in [0.2, 0.25) is 0 Å². The van der Waals surface area contributed by atoms with E-state index >= 15 is 0 Å². The van der Waals surface area contributed by atoms with E-state index in [1.165, 1.54) is 19.3 Å². The van der Waals surface area contributed by atoms with Crippen molar-refractivity contribution < 1.29 is 4.79 Å². The lowest BCUT2D eigenvalue weighted by Crippen LogP contribution is -2.46. The molecule has 3 nitrogen and oxygen atoms in total. The first-order valence-corrected chi connectivity index (χ1v) is 6.99. The van der Waals surface area contributed by atoms with Gasteiger partial charge in [0.15, 0.2) is 0 Å². The number of nitrogens with one attached hydrogen (secondary N) is 1. The van der Waals surface area contributed by atoms with Gasteiger partial charge < -0.3 is 11.1 Å². The van der Waals surface area contributed by atoms with Crippen LogP contribution in [0.5, 0.6) is 0 Å². The Morgan fingerprint density at radius 3 is 2.73 bits per heavy atom. The third kappa shape index (κ3) is 4.03. The number of rotatable bonds is 6. The van der Waals surface area contributed by atoms with Crippen LogP contribution in [0.25, 0.3) is 0 Å². The number of carbonyl (C=O) groups excluding carboxylic acids is 1. The topological polar surface area (TPSA) is 55.1 Å². The summed E-state index contributed by atoms with van der Waals surface area (Å²) in [5, 5.41) is 2.96. The van der Waals surface area contributed by atoms with E-state index in [1.54, 1.807) is 11.8 Å². The molecule has 0 radical (unpaired) electrons. The van der Waals surface area contributed by atoms with E-state index in [9.17, 15) is 4.79 Å². The predicted octanol–water partition coefficient (Wildman–Crippen LogP) is 1.37. The van der Waals surface area contributed by atoms with Crippen LogP contribution in [0.1, 0.15) is 32.6 Å². The molecule has 0 aliphatic heterocycles. The number of amides is 1. The maximum Gasteiger partial charge on any atom is 0.236 e. The molecule has 4 heteroatoms. The van der Waals surface area contributed by atoms with Crippen LogP contribution >= 0.6 is 11.8 Å². The van der Waals surface area contributed by atoms with E-state index in [-0.39, 0.29) is 11.9 Å². The molecule has 1 atom stereocenters. The molecule has 0 aromatic rings. The van der Waals surface area contributed by atoms with Crippen LogP contribution < -0.4 is 11.1 Å². The highest BCUT2D eigenvalue weighted by atomic mass is 32.2. The number of thioether (sulfide) groups is 1. The molecule has 0 spiro atoms. The molecule has 0 heterocycles. The van der Waals surface area contributed by atoms with Crippen molar-refractivity contribution in [2.24, 2.45) is 11.1 Å². The molecule has 0 saturated heterocycles. The minimum Gasteiger partial charge on any atom is -0.354 e. The Morgan fingerprint density at radius 1 is 1.60 bits per heavy atom. The first-order chi connectivity index (χ1) is 7.07. The van der Waals surface area contributed by atoms with Crippen molar-refractivity contribution in [3.63, 3.8) is 0 Å². The van der Waals surface area contributed by atoms with Crippen LogP contribution in [0.4, 0.5) is 0 Å². The van der Waals surface area contributed by atoms with Gasteiger partial charge in [0.25, 0.3) is 0 Å². The van der Waals surface area contributed by atoms with Crippen molar-refractivity contribution in [3.8, 4) is 0 Å². The third-order valence-electron chi connectivity index (χ3n) is 3.22. The molecule has 88 valence electrons. The SMILES string of the molecule is CSCC[C@@H](N)C(=O)NCC1(C)CCC1. The van der Waals surface area contributed by atoms with E-state index in [4.69, 9.17) is 5.73 Å². The fourth-order valence-corrected chi connectivity index (χ4v) is 2.25. The lowest BCUT2D eigenvalue weighted by Gasteiger charge is -2.38. The van der Waals surface area contributed by atoms with E-state index < -0.39 is 0 Å². The normalized spacial score (nSPS) is 20.5. The van der Waals surface area contributed by atoms with Gasteiger partial charge in [-0.05, 0) is 36.7 Å². The Kier molecular flexibility index (Phi) is 4.93. The molecule has 1 amide bonds. The monoisotopic (exact) mass is 230 g/mol. The number of hydrogen-bond donors (Lipinski definition) is 2. The highest BCUT2D eigenvalue weighted by Gasteiger charge is 2.32. The van der Waals surface area contributed by atoms with Gasteiger partial charge in [-0.2, -0.15) is 11.8 Å². The number of hydrogen-bond acceptors (Lipinski definition) is 3. The summed E-state index contributed by atoms with van der Waals surface area (Å²) in [6, 6.07) is -0.332. The molecular formula is C11H22N2OS. The average Bonchev–Trinajstić information content (AvgIpc) is 2.19. The largest absolute Gasteiger partial charge is 0.354 e. The Hall–Kier alpha value is -0.220. The van der Waals surface area contributed by atoms with Gasteiger partial charge in [-0.25, -0.2) is 0 Å². The van der Waals surface area contributed by atoms with Crippen LogP contribution in [0.15, 0.2) is 0 Å². The molecule has 1 aliphatic rings. The van der Waals surface area contributed by atoms with E-state index in [1.807, 2.05) is 6.26 Å². The highest BCUT2D eigenvalue weighted by molar-refractivity contribution is 7.98. The molecular weight excluding hydrogens is 208 g/mol. The second-order valence-electron chi connectivity index (χ2n) is 4.77. The van der Waals surface area contributed by atoms with Crippen LogP contribution in [0.3, 0.4) is 0 Å². The lowest BCUT2D eigenvalue weighted by atomic mass is 9.70. The number of carbonyl (C=O) groups is 1. The van der Waals surface area contributed by atoms with Gasteiger partial charge in [0.05, 0.1) is 6.04 Å². The smallest absolute Gasteiger partial charge is 0.236 e. The summed E-state index contributed by atoms with van der Waals surface area (Å²) in [4.78, 5) is 11.6. The molecule has 0 bridgehead atoms. The summed E-state index contributed by atoms with van der Waals surface area (Å²) in [6.45, 7) is 3.02. The van der Waals surface area contributed by atoms with Crippen molar-refractivity contribution in [1.82, 2.24) is 5.32 Å². The maximum absolute atomic E-state index is 11.6. The Morgan fingerprint density at radius 2 is 2.27 bits per heavy atom. The van der Waals surface area contributed by atoms with E-state index in [0.717, 1.165) is 18.7 Å². The molecule has 1 rings (SSSR count). The zero-order valence-corrected chi connectivity index (χ0v) is 10.5. The van der Waals surface area contributed by atoms with Crippen LogP contribution in [-0.2, 0) is 4.79 Å². The molecule has 1 saturated carbocycles. The second kappa shape index (κ2) is 5.75. The molecule has 0 aromatic heterocycles. The third-order valence-corrected chi connectivity index (χ3v) is 3.86. The molecule has 15 heavy (non-hydrogen) atoms. The predicted molar refractivity (Wildman–Crippen MR) is 65.9 cm³/mol. The minimum absolute atomic E-state index is 0.0113. The zero-order chi connectivity index (χ0) is 11.3. The average molecular weight is 230 g/mol. The van der Waals surface area contributed by atoms with E-state index in [0.29, 0.717) is 5.41 Å². The van der Waals surface area contributed by atoms with E-state index in [2.05, 4.69) is 12.2 Å². The Bertz CT molecular complexity index is 217.